The number of nitro groups is 1. The van der Waals surface area contributed by atoms with Crippen LogP contribution in [0.3, 0.4) is 0 Å². The predicted molar refractivity (Wildman–Crippen MR) is 101 cm³/mol. The zero-order valence-electron chi connectivity index (χ0n) is 16.3. The molecule has 1 N–H and O–H groups in total. The van der Waals surface area contributed by atoms with Gasteiger partial charge in [0.1, 0.15) is 0 Å². The van der Waals surface area contributed by atoms with Gasteiger partial charge in [0.25, 0.3) is 11.2 Å². The van der Waals surface area contributed by atoms with Gasteiger partial charge >= 0.3 is 23.7 Å². The Morgan fingerprint density at radius 1 is 0.970 bits per heavy atom. The molecule has 0 aliphatic rings. The fourth-order valence-electron chi connectivity index (χ4n) is 3.30. The van der Waals surface area contributed by atoms with Crippen LogP contribution in [0.5, 0.6) is 0 Å². The molecule has 0 amide bonds. The summed E-state index contributed by atoms with van der Waals surface area (Å²) in [5.74, 6) is 0. The highest BCUT2D eigenvalue weighted by atomic mass is 19.4. The number of H-pyrrole nitrogens is 1. The van der Waals surface area contributed by atoms with Crippen molar-refractivity contribution in [3.8, 4) is 0 Å². The number of nitrogens with one attached hydrogen (secondary N) is 1. The fourth-order valence-corrected chi connectivity index (χ4v) is 3.30. The Balaban J connectivity index is 2.19. The van der Waals surface area contributed by atoms with Crippen LogP contribution in [0.1, 0.15) is 16.7 Å². The van der Waals surface area contributed by atoms with Gasteiger partial charge in [-0.05, 0) is 30.7 Å². The zero-order valence-corrected chi connectivity index (χ0v) is 16.3. The van der Waals surface area contributed by atoms with Gasteiger partial charge in [0, 0.05) is 17.2 Å². The third-order valence-electron chi connectivity index (χ3n) is 4.96. The van der Waals surface area contributed by atoms with Crippen LogP contribution in [0.25, 0.3) is 10.9 Å². The number of hydrogen-bond donors (Lipinski definition) is 1. The molecule has 0 spiro atoms. The number of rotatable bonds is 4. The summed E-state index contributed by atoms with van der Waals surface area (Å²) in [5, 5.41) is 10.1. The molecule has 2 aromatic carbocycles. The summed E-state index contributed by atoms with van der Waals surface area (Å²) in [6.07, 6.45) is -12.8. The van der Waals surface area contributed by atoms with E-state index >= 15 is 0 Å². The molecule has 7 nitrogen and oxygen atoms in total. The van der Waals surface area contributed by atoms with Crippen LogP contribution in [0.2, 0.25) is 0 Å². The van der Waals surface area contributed by atoms with Crippen molar-refractivity contribution in [1.82, 2.24) is 9.55 Å². The number of aryl methyl sites for hydroxylation is 1. The van der Waals surface area contributed by atoms with Crippen LogP contribution in [-0.4, -0.2) is 26.8 Å². The van der Waals surface area contributed by atoms with E-state index in [-0.39, 0.29) is 28.9 Å². The van der Waals surface area contributed by atoms with Crippen molar-refractivity contribution in [1.29, 1.82) is 0 Å². The number of halogens is 7. The molecule has 0 radical (unpaired) electrons. The maximum Gasteiger partial charge on any atom is 0.435 e. The van der Waals surface area contributed by atoms with Gasteiger partial charge in [0.2, 0.25) is 0 Å². The van der Waals surface area contributed by atoms with E-state index in [4.69, 9.17) is 0 Å². The molecule has 0 saturated heterocycles. The highest BCUT2D eigenvalue weighted by Gasteiger charge is 2.73. The van der Waals surface area contributed by atoms with Crippen molar-refractivity contribution in [2.75, 3.05) is 0 Å². The molecule has 0 bridgehead atoms. The smallest absolute Gasteiger partial charge is 0.307 e. The van der Waals surface area contributed by atoms with Crippen molar-refractivity contribution < 1.29 is 35.7 Å². The van der Waals surface area contributed by atoms with E-state index < -0.39 is 57.2 Å². The SMILES string of the molecule is Cc1cc(Cn2c(=O)[nH]c3ccc(C(F)(C(F)(F)F)C(F)(F)F)cc3c2=O)ccc1[N+](=O)[O-]. The third-order valence-corrected chi connectivity index (χ3v) is 4.96. The minimum absolute atomic E-state index is 0.0895. The molecule has 0 aliphatic carbocycles. The minimum Gasteiger partial charge on any atom is -0.307 e. The van der Waals surface area contributed by atoms with Gasteiger partial charge in [0.15, 0.2) is 0 Å². The van der Waals surface area contributed by atoms with Crippen LogP contribution in [0.15, 0.2) is 46.0 Å². The quantitative estimate of drug-likeness (QED) is 0.344. The Bertz CT molecular complexity index is 1360. The van der Waals surface area contributed by atoms with Crippen LogP contribution in [0, 0.1) is 17.0 Å². The van der Waals surface area contributed by atoms with E-state index in [1.165, 1.54) is 19.1 Å². The Morgan fingerprint density at radius 2 is 1.58 bits per heavy atom. The number of aromatic nitrogens is 2. The van der Waals surface area contributed by atoms with Crippen molar-refractivity contribution in [2.45, 2.75) is 31.5 Å². The van der Waals surface area contributed by atoms with Crippen LogP contribution in [0.4, 0.5) is 36.4 Å². The molecule has 0 unspecified atom stereocenters. The van der Waals surface area contributed by atoms with E-state index in [1.54, 1.807) is 0 Å². The lowest BCUT2D eigenvalue weighted by Gasteiger charge is -2.30. The molecule has 176 valence electrons. The van der Waals surface area contributed by atoms with Gasteiger partial charge in [-0.25, -0.2) is 9.18 Å². The van der Waals surface area contributed by atoms with E-state index in [0.29, 0.717) is 10.6 Å². The second-order valence-electron chi connectivity index (χ2n) is 7.11. The number of aromatic amines is 1. The molecule has 0 saturated carbocycles. The largest absolute Gasteiger partial charge is 0.435 e. The number of alkyl halides is 7. The van der Waals surface area contributed by atoms with Gasteiger partial charge in [-0.1, -0.05) is 12.1 Å². The summed E-state index contributed by atoms with van der Waals surface area (Å²) in [6.45, 7) is 0.878. The first-order chi connectivity index (χ1) is 15.1. The van der Waals surface area contributed by atoms with Gasteiger partial charge in [-0.2, -0.15) is 26.3 Å². The number of nitro benzene ring substituents is 1. The maximum atomic E-state index is 14.4. The van der Waals surface area contributed by atoms with Gasteiger partial charge in [-0.3, -0.25) is 19.5 Å². The number of nitrogens with zero attached hydrogens (tertiary/aromatic N) is 2. The van der Waals surface area contributed by atoms with E-state index in [1.807, 2.05) is 0 Å². The summed E-state index contributed by atoms with van der Waals surface area (Å²) < 4.78 is 93.2. The number of benzene rings is 2. The molecule has 1 aromatic heterocycles. The monoisotopic (exact) mass is 479 g/mol. The number of fused-ring (bicyclic) bond motifs is 1. The maximum absolute atomic E-state index is 14.4. The molecule has 1 heterocycles. The minimum atomic E-state index is -6.38. The second-order valence-corrected chi connectivity index (χ2v) is 7.11. The predicted octanol–water partition coefficient (Wildman–Crippen LogP) is 4.24. The fraction of sp³-hybridized carbons (Fsp3) is 0.263. The lowest BCUT2D eigenvalue weighted by atomic mass is 9.93. The summed E-state index contributed by atoms with van der Waals surface area (Å²) in [4.78, 5) is 37.4. The van der Waals surface area contributed by atoms with Gasteiger partial charge < -0.3 is 4.98 Å². The summed E-state index contributed by atoms with van der Waals surface area (Å²) in [6, 6.07) is 4.45. The van der Waals surface area contributed by atoms with Crippen molar-refractivity contribution in [3.05, 3.63) is 84.0 Å². The summed E-state index contributed by atoms with van der Waals surface area (Å²) in [7, 11) is 0. The van der Waals surface area contributed by atoms with Crippen LogP contribution < -0.4 is 11.2 Å². The van der Waals surface area contributed by atoms with E-state index in [0.717, 1.165) is 6.07 Å². The van der Waals surface area contributed by atoms with Gasteiger partial charge in [-0.15, -0.1) is 0 Å². The highest BCUT2D eigenvalue weighted by molar-refractivity contribution is 5.78. The molecule has 3 rings (SSSR count). The third kappa shape index (κ3) is 3.96. The van der Waals surface area contributed by atoms with Crippen molar-refractivity contribution in [2.24, 2.45) is 0 Å². The summed E-state index contributed by atoms with van der Waals surface area (Å²) in [5.41, 5.74) is -10.2. The summed E-state index contributed by atoms with van der Waals surface area (Å²) >= 11 is 0. The molecule has 0 atom stereocenters. The average molecular weight is 479 g/mol. The molecule has 33 heavy (non-hydrogen) atoms. The molecular formula is C19H12F7N3O4. The molecule has 3 aromatic rings. The average Bonchev–Trinajstić information content (AvgIpc) is 2.68. The first kappa shape index (κ1) is 23.9. The number of hydrogen-bond acceptors (Lipinski definition) is 4. The van der Waals surface area contributed by atoms with Crippen molar-refractivity contribution in [3.63, 3.8) is 0 Å². The lowest BCUT2D eigenvalue weighted by molar-refractivity contribution is -0.385. The van der Waals surface area contributed by atoms with Crippen molar-refractivity contribution >= 4 is 16.6 Å². The van der Waals surface area contributed by atoms with E-state index in [9.17, 15) is 50.4 Å². The Labute approximate surface area is 178 Å². The highest BCUT2D eigenvalue weighted by Crippen LogP contribution is 2.53. The Kier molecular flexibility index (Phi) is 5.59. The molecule has 0 fully saturated rings. The molecule has 0 aliphatic heterocycles. The first-order valence-electron chi connectivity index (χ1n) is 8.91. The van der Waals surface area contributed by atoms with Gasteiger partial charge in [0.05, 0.1) is 22.4 Å². The Morgan fingerprint density at radius 3 is 2.09 bits per heavy atom. The first-order valence-corrected chi connectivity index (χ1v) is 8.91. The zero-order chi connectivity index (χ0) is 24.9. The van der Waals surface area contributed by atoms with Crippen LogP contribution in [-0.2, 0) is 12.2 Å². The second kappa shape index (κ2) is 7.71. The molecular weight excluding hydrogens is 467 g/mol. The molecule has 14 heteroatoms. The standard InChI is InChI=1S/C19H12F7N3O4/c1-9-6-10(2-5-14(9)29(32)33)8-28-15(30)12-7-11(3-4-13(12)27-16(28)31)17(20,18(21,22)23)19(24,25)26/h2-7H,8H2,1H3,(H,27,31). The topological polar surface area (TPSA) is 98.0 Å². The van der Waals surface area contributed by atoms with Crippen LogP contribution >= 0.6 is 0 Å². The Hall–Kier alpha value is -3.71. The lowest BCUT2D eigenvalue weighted by Crippen LogP contribution is -2.50. The van der Waals surface area contributed by atoms with E-state index in [2.05, 4.69) is 4.98 Å². The normalized spacial score (nSPS) is 12.8.